The minimum Gasteiger partial charge on any atom is -0.310 e. The van der Waals surface area contributed by atoms with Gasteiger partial charge in [0.15, 0.2) is 0 Å². The van der Waals surface area contributed by atoms with Crippen molar-refractivity contribution in [1.29, 1.82) is 0 Å². The lowest BCUT2D eigenvalue weighted by atomic mass is 10.0. The Labute approximate surface area is 276 Å². The minimum atomic E-state index is 1.13. The van der Waals surface area contributed by atoms with Crippen molar-refractivity contribution in [2.24, 2.45) is 0 Å². The number of thiophene rings is 2. The average Bonchev–Trinajstić information content (AvgIpc) is 3.69. The highest BCUT2D eigenvalue weighted by Gasteiger charge is 2.23. The monoisotopic (exact) mass is 626 g/mol. The molecule has 0 fully saturated rings. The summed E-state index contributed by atoms with van der Waals surface area (Å²) in [4.78, 5) is 6.35. The van der Waals surface area contributed by atoms with Crippen LogP contribution in [0.15, 0.2) is 152 Å². The first-order chi connectivity index (χ1) is 22.8. The van der Waals surface area contributed by atoms with E-state index in [1.54, 1.807) is 0 Å². The Morgan fingerprint density at radius 2 is 1.00 bits per heavy atom. The summed E-state index contributed by atoms with van der Waals surface area (Å²) in [6.45, 7) is 0. The fourth-order valence-corrected chi connectivity index (χ4v) is 9.20. The Morgan fingerprint density at radius 1 is 0.457 bits per heavy atom. The quantitative estimate of drug-likeness (QED) is 0.181. The van der Waals surface area contributed by atoms with Gasteiger partial charge in [-0.2, -0.15) is 0 Å². The highest BCUT2D eigenvalue weighted by Crippen LogP contribution is 2.50. The van der Waals surface area contributed by atoms with Crippen molar-refractivity contribution in [2.45, 2.75) is 12.8 Å². The van der Waals surface area contributed by atoms with Gasteiger partial charge in [0, 0.05) is 57.9 Å². The fraction of sp³-hybridized carbons (Fsp3) is 0.0476. The van der Waals surface area contributed by atoms with Gasteiger partial charge in [-0.05, 0) is 97.3 Å². The Bertz CT molecular complexity index is 2330. The highest BCUT2D eigenvalue weighted by atomic mass is 32.1. The van der Waals surface area contributed by atoms with E-state index >= 15 is 0 Å². The smallest absolute Gasteiger partial charge is 0.0555 e. The van der Waals surface area contributed by atoms with Crippen molar-refractivity contribution in [3.63, 3.8) is 0 Å². The molecule has 9 rings (SSSR count). The van der Waals surface area contributed by atoms with Gasteiger partial charge in [0.1, 0.15) is 0 Å². The molecule has 1 aliphatic rings. The number of hydrogen-bond donors (Lipinski definition) is 0. The number of benzene rings is 6. The largest absolute Gasteiger partial charge is 0.310 e. The average molecular weight is 627 g/mol. The molecule has 0 saturated heterocycles. The predicted molar refractivity (Wildman–Crippen MR) is 201 cm³/mol. The van der Waals surface area contributed by atoms with Gasteiger partial charge in [-0.1, -0.05) is 78.9 Å². The van der Waals surface area contributed by atoms with Crippen molar-refractivity contribution in [3.8, 4) is 0 Å². The summed E-state index contributed by atoms with van der Waals surface area (Å²) in [6, 6.07) is 52.8. The number of para-hydroxylation sites is 3. The van der Waals surface area contributed by atoms with Gasteiger partial charge in [-0.15, -0.1) is 22.7 Å². The van der Waals surface area contributed by atoms with E-state index in [9.17, 15) is 0 Å². The van der Waals surface area contributed by atoms with Crippen LogP contribution >= 0.6 is 22.7 Å². The van der Waals surface area contributed by atoms with Crippen LogP contribution in [0.3, 0.4) is 0 Å². The second-order valence-corrected chi connectivity index (χ2v) is 13.9. The number of fused-ring (bicyclic) bond motifs is 6. The van der Waals surface area contributed by atoms with Crippen LogP contribution in [0.2, 0.25) is 0 Å². The molecule has 8 aromatic rings. The standard InChI is InChI=1S/C42H30N2S2/c1-4-14-29(15-5-1)43(30-16-6-2-7-17-30)35-21-12-24-39-41(35)42-36(22-13-25-40(42)46-39)44(31-18-8-3-9-19-31)32-26-27-38-34(28-32)33-20-10-11-23-37(33)45-38/h1-10,12-22,24-28H,11,23H2. The first kappa shape index (κ1) is 27.2. The van der Waals surface area contributed by atoms with Crippen LogP contribution in [0.25, 0.3) is 36.3 Å². The molecule has 0 radical (unpaired) electrons. The van der Waals surface area contributed by atoms with E-state index in [0.29, 0.717) is 0 Å². The topological polar surface area (TPSA) is 6.48 Å². The molecule has 0 unspecified atom stereocenters. The molecular weight excluding hydrogens is 597 g/mol. The van der Waals surface area contributed by atoms with E-state index in [4.69, 9.17) is 0 Å². The SMILES string of the molecule is C1=Cc2c(sc3ccc(N(c4ccccc4)c4cccc5sc6cccc(N(c7ccccc7)c7ccccc7)c6c45)cc23)CC1. The van der Waals surface area contributed by atoms with Crippen molar-refractivity contribution in [2.75, 3.05) is 9.80 Å². The third-order valence-electron chi connectivity index (χ3n) is 8.87. The third kappa shape index (κ3) is 4.53. The first-order valence-corrected chi connectivity index (χ1v) is 17.4. The molecule has 0 N–H and O–H groups in total. The van der Waals surface area contributed by atoms with Gasteiger partial charge in [-0.3, -0.25) is 0 Å². The summed E-state index contributed by atoms with van der Waals surface area (Å²) in [5.74, 6) is 0. The summed E-state index contributed by atoms with van der Waals surface area (Å²) in [5.41, 5.74) is 8.34. The molecule has 0 saturated carbocycles. The minimum absolute atomic E-state index is 1.13. The van der Waals surface area contributed by atoms with Crippen molar-refractivity contribution < 1.29 is 0 Å². The van der Waals surface area contributed by atoms with E-state index in [0.717, 1.165) is 29.9 Å². The van der Waals surface area contributed by atoms with Crippen molar-refractivity contribution >= 4 is 93.1 Å². The Hall–Kier alpha value is -5.16. The van der Waals surface area contributed by atoms with Crippen LogP contribution in [-0.2, 0) is 6.42 Å². The number of hydrogen-bond acceptors (Lipinski definition) is 4. The van der Waals surface area contributed by atoms with Gasteiger partial charge >= 0.3 is 0 Å². The maximum atomic E-state index is 2.46. The Kier molecular flexibility index (Phi) is 6.69. The van der Waals surface area contributed by atoms with Gasteiger partial charge in [0.25, 0.3) is 0 Å². The molecule has 6 aromatic carbocycles. The maximum absolute atomic E-state index is 2.46. The van der Waals surface area contributed by atoms with Crippen LogP contribution in [0.1, 0.15) is 16.9 Å². The molecule has 0 amide bonds. The molecule has 0 atom stereocenters. The lowest BCUT2D eigenvalue weighted by molar-refractivity contribution is 1.02. The normalized spacial score (nSPS) is 12.5. The Balaban J connectivity index is 1.33. The van der Waals surface area contributed by atoms with Gasteiger partial charge < -0.3 is 9.80 Å². The van der Waals surface area contributed by atoms with E-state index in [-0.39, 0.29) is 0 Å². The summed E-state index contributed by atoms with van der Waals surface area (Å²) in [7, 11) is 0. The van der Waals surface area contributed by atoms with Crippen LogP contribution in [0, 0.1) is 0 Å². The molecule has 2 aromatic heterocycles. The lowest BCUT2D eigenvalue weighted by Gasteiger charge is -2.28. The molecule has 0 bridgehead atoms. The molecule has 4 heteroatoms. The zero-order valence-electron chi connectivity index (χ0n) is 25.1. The molecule has 46 heavy (non-hydrogen) atoms. The second-order valence-electron chi connectivity index (χ2n) is 11.6. The van der Waals surface area contributed by atoms with Gasteiger partial charge in [0.05, 0.1) is 11.4 Å². The zero-order valence-corrected chi connectivity index (χ0v) is 26.8. The molecular formula is C42H30N2S2. The number of rotatable bonds is 6. The summed E-state index contributed by atoms with van der Waals surface area (Å²) < 4.78 is 3.91. The van der Waals surface area contributed by atoms with Crippen LogP contribution in [-0.4, -0.2) is 0 Å². The van der Waals surface area contributed by atoms with E-state index in [1.165, 1.54) is 57.8 Å². The fourth-order valence-electron chi connectivity index (χ4n) is 6.87. The van der Waals surface area contributed by atoms with Crippen LogP contribution in [0.4, 0.5) is 34.1 Å². The molecule has 2 nitrogen and oxygen atoms in total. The molecule has 220 valence electrons. The number of nitrogens with zero attached hydrogens (tertiary/aromatic N) is 2. The van der Waals surface area contributed by atoms with Gasteiger partial charge in [0.2, 0.25) is 0 Å². The predicted octanol–water partition coefficient (Wildman–Crippen LogP) is 13.2. The molecule has 0 aliphatic heterocycles. The molecule has 0 spiro atoms. The van der Waals surface area contributed by atoms with E-state index in [1.807, 2.05) is 22.7 Å². The second kappa shape index (κ2) is 11.3. The summed E-state index contributed by atoms with van der Waals surface area (Å²) >= 11 is 3.81. The van der Waals surface area contributed by atoms with Crippen LogP contribution < -0.4 is 9.80 Å². The Morgan fingerprint density at radius 3 is 1.57 bits per heavy atom. The van der Waals surface area contributed by atoms with Crippen molar-refractivity contribution in [1.82, 2.24) is 0 Å². The molecule has 2 heterocycles. The first-order valence-electron chi connectivity index (χ1n) is 15.8. The third-order valence-corrected chi connectivity index (χ3v) is 11.2. The summed E-state index contributed by atoms with van der Waals surface area (Å²) in [5, 5.41) is 3.88. The van der Waals surface area contributed by atoms with Gasteiger partial charge in [-0.25, -0.2) is 0 Å². The maximum Gasteiger partial charge on any atom is 0.0555 e. The van der Waals surface area contributed by atoms with Crippen LogP contribution in [0.5, 0.6) is 0 Å². The highest BCUT2D eigenvalue weighted by molar-refractivity contribution is 7.26. The summed E-state index contributed by atoms with van der Waals surface area (Å²) in [6.07, 6.45) is 6.91. The number of aryl methyl sites for hydroxylation is 1. The number of allylic oxidation sites excluding steroid dienone is 1. The van der Waals surface area contributed by atoms with E-state index in [2.05, 4.69) is 168 Å². The van der Waals surface area contributed by atoms with E-state index < -0.39 is 0 Å². The lowest BCUT2D eigenvalue weighted by Crippen LogP contribution is -2.11. The zero-order chi connectivity index (χ0) is 30.5. The van der Waals surface area contributed by atoms with Crippen molar-refractivity contribution in [3.05, 3.63) is 162 Å². The molecule has 1 aliphatic carbocycles. The number of anilines is 6.